The van der Waals surface area contributed by atoms with Gasteiger partial charge < -0.3 is 9.84 Å². The van der Waals surface area contributed by atoms with Crippen molar-refractivity contribution >= 4 is 0 Å². The summed E-state index contributed by atoms with van der Waals surface area (Å²) in [4.78, 5) is 0. The number of nitrogens with zero attached hydrogens (tertiary/aromatic N) is 1. The Morgan fingerprint density at radius 1 is 1.30 bits per heavy atom. The van der Waals surface area contributed by atoms with Crippen LogP contribution < -0.4 is 4.74 Å². The molecule has 0 aliphatic rings. The van der Waals surface area contributed by atoms with Crippen LogP contribution in [0.15, 0.2) is 30.3 Å². The van der Waals surface area contributed by atoms with Crippen LogP contribution in [0.4, 0.5) is 4.39 Å². The van der Waals surface area contributed by atoms with E-state index >= 15 is 0 Å². The molecule has 0 aliphatic carbocycles. The molecule has 0 atom stereocenters. The van der Waals surface area contributed by atoms with Crippen LogP contribution in [-0.2, 0) is 6.42 Å². The van der Waals surface area contributed by atoms with Crippen LogP contribution in [0, 0.1) is 24.1 Å². The quantitative estimate of drug-likeness (QED) is 0.915. The molecule has 0 saturated heterocycles. The lowest BCUT2D eigenvalue weighted by atomic mass is 10.1. The van der Waals surface area contributed by atoms with Crippen LogP contribution in [0.2, 0.25) is 0 Å². The Balaban J connectivity index is 2.47. The molecule has 1 N–H and O–H groups in total. The van der Waals surface area contributed by atoms with Gasteiger partial charge in [-0.1, -0.05) is 13.0 Å². The van der Waals surface area contributed by atoms with E-state index in [1.807, 2.05) is 19.9 Å². The lowest BCUT2D eigenvalue weighted by Gasteiger charge is -2.12. The van der Waals surface area contributed by atoms with Gasteiger partial charge >= 0.3 is 0 Å². The maximum atomic E-state index is 14.0. The number of aryl methyl sites for hydroxylation is 2. The van der Waals surface area contributed by atoms with Crippen molar-refractivity contribution in [3.05, 3.63) is 52.8 Å². The first-order chi connectivity index (χ1) is 9.55. The molecule has 2 rings (SSSR count). The molecule has 2 aromatic rings. The first-order valence-electron chi connectivity index (χ1n) is 6.25. The topological polar surface area (TPSA) is 53.2 Å². The van der Waals surface area contributed by atoms with Crippen molar-refractivity contribution in [3.8, 4) is 23.3 Å². The van der Waals surface area contributed by atoms with Gasteiger partial charge in [-0.25, -0.2) is 0 Å². The predicted octanol–water partition coefficient (Wildman–Crippen LogP) is 4.07. The van der Waals surface area contributed by atoms with Crippen molar-refractivity contribution in [1.82, 2.24) is 0 Å². The van der Waals surface area contributed by atoms with Crippen LogP contribution in [0.3, 0.4) is 0 Å². The molecule has 0 bridgehead atoms. The molecule has 2 aromatic carbocycles. The molecular formula is C16H14FNO2. The number of hydrogen-bond donors (Lipinski definition) is 1. The standard InChI is InChI=1S/C16H14FNO2/c1-3-12-4-5-14(19)15(17)16(12)20-13-7-10(2)6-11(8-13)9-18/h4-8,19H,3H2,1-2H3. The highest BCUT2D eigenvalue weighted by Crippen LogP contribution is 2.34. The van der Waals surface area contributed by atoms with Crippen LogP contribution >= 0.6 is 0 Å². The van der Waals surface area contributed by atoms with Crippen LogP contribution in [-0.4, -0.2) is 5.11 Å². The first kappa shape index (κ1) is 13.9. The zero-order chi connectivity index (χ0) is 14.7. The van der Waals surface area contributed by atoms with Crippen LogP contribution in [0.1, 0.15) is 23.6 Å². The normalized spacial score (nSPS) is 10.1. The second-order valence-electron chi connectivity index (χ2n) is 4.49. The number of benzene rings is 2. The second-order valence-corrected chi connectivity index (χ2v) is 4.49. The maximum absolute atomic E-state index is 14.0. The fraction of sp³-hybridized carbons (Fsp3) is 0.188. The van der Waals surface area contributed by atoms with Gasteiger partial charge in [0.1, 0.15) is 5.75 Å². The highest BCUT2D eigenvalue weighted by atomic mass is 19.1. The Morgan fingerprint density at radius 3 is 2.70 bits per heavy atom. The van der Waals surface area contributed by atoms with Crippen LogP contribution in [0.25, 0.3) is 0 Å². The number of phenols is 1. The van der Waals surface area contributed by atoms with Gasteiger partial charge in [0.2, 0.25) is 5.82 Å². The monoisotopic (exact) mass is 271 g/mol. The summed E-state index contributed by atoms with van der Waals surface area (Å²) in [5, 5.41) is 18.4. The number of nitriles is 1. The largest absolute Gasteiger partial charge is 0.505 e. The molecule has 0 aliphatic heterocycles. The number of halogens is 1. The number of rotatable bonds is 3. The predicted molar refractivity (Wildman–Crippen MR) is 73.4 cm³/mol. The third-order valence-corrected chi connectivity index (χ3v) is 2.94. The molecule has 0 saturated carbocycles. The summed E-state index contributed by atoms with van der Waals surface area (Å²) in [6.07, 6.45) is 0.573. The Kier molecular flexibility index (Phi) is 3.90. The number of hydrogen-bond acceptors (Lipinski definition) is 3. The van der Waals surface area contributed by atoms with Crippen molar-refractivity contribution in [2.75, 3.05) is 0 Å². The van der Waals surface area contributed by atoms with Gasteiger partial charge in [0.15, 0.2) is 11.5 Å². The third-order valence-electron chi connectivity index (χ3n) is 2.94. The van der Waals surface area contributed by atoms with Gasteiger partial charge in [0.05, 0.1) is 11.6 Å². The number of ether oxygens (including phenoxy) is 1. The van der Waals surface area contributed by atoms with Gasteiger partial charge in [-0.3, -0.25) is 0 Å². The van der Waals surface area contributed by atoms with Crippen molar-refractivity contribution in [2.45, 2.75) is 20.3 Å². The number of phenolic OH excluding ortho intramolecular Hbond substituents is 1. The van der Waals surface area contributed by atoms with Crippen molar-refractivity contribution in [2.24, 2.45) is 0 Å². The SMILES string of the molecule is CCc1ccc(O)c(F)c1Oc1cc(C)cc(C#N)c1. The average molecular weight is 271 g/mol. The molecule has 3 nitrogen and oxygen atoms in total. The third kappa shape index (κ3) is 2.72. The fourth-order valence-electron chi connectivity index (χ4n) is 1.96. The van der Waals surface area contributed by atoms with E-state index in [0.29, 0.717) is 23.3 Å². The first-order valence-corrected chi connectivity index (χ1v) is 6.25. The molecule has 0 radical (unpaired) electrons. The highest BCUT2D eigenvalue weighted by molar-refractivity contribution is 5.47. The Labute approximate surface area is 116 Å². The highest BCUT2D eigenvalue weighted by Gasteiger charge is 2.15. The Bertz CT molecular complexity index is 690. The Hall–Kier alpha value is -2.54. The van der Waals surface area contributed by atoms with E-state index in [0.717, 1.165) is 5.56 Å². The summed E-state index contributed by atoms with van der Waals surface area (Å²) in [7, 11) is 0. The van der Waals surface area contributed by atoms with Crippen molar-refractivity contribution < 1.29 is 14.2 Å². The lowest BCUT2D eigenvalue weighted by Crippen LogP contribution is -1.95. The molecule has 20 heavy (non-hydrogen) atoms. The minimum atomic E-state index is -0.788. The zero-order valence-electron chi connectivity index (χ0n) is 11.3. The minimum Gasteiger partial charge on any atom is -0.505 e. The number of aromatic hydroxyl groups is 1. The van der Waals surface area contributed by atoms with E-state index in [-0.39, 0.29) is 5.75 Å². The molecule has 0 unspecified atom stereocenters. The summed E-state index contributed by atoms with van der Waals surface area (Å²) < 4.78 is 19.5. The van der Waals surface area contributed by atoms with Gasteiger partial charge in [-0.2, -0.15) is 9.65 Å². The van der Waals surface area contributed by atoms with Gasteiger partial charge in [-0.05, 0) is 48.7 Å². The molecule has 0 fully saturated rings. The molecule has 0 heterocycles. The summed E-state index contributed by atoms with van der Waals surface area (Å²) >= 11 is 0. The van der Waals surface area contributed by atoms with E-state index in [1.165, 1.54) is 12.1 Å². The lowest BCUT2D eigenvalue weighted by molar-refractivity contribution is 0.392. The second kappa shape index (κ2) is 5.62. The molecule has 0 amide bonds. The summed E-state index contributed by atoms with van der Waals surface area (Å²) in [6, 6.07) is 9.91. The van der Waals surface area contributed by atoms with E-state index in [2.05, 4.69) is 0 Å². The molecule has 0 aromatic heterocycles. The van der Waals surface area contributed by atoms with Crippen molar-refractivity contribution in [3.63, 3.8) is 0 Å². The smallest absolute Gasteiger partial charge is 0.207 e. The molecule has 102 valence electrons. The van der Waals surface area contributed by atoms with E-state index in [9.17, 15) is 9.50 Å². The van der Waals surface area contributed by atoms with E-state index in [1.54, 1.807) is 18.2 Å². The summed E-state index contributed by atoms with van der Waals surface area (Å²) in [6.45, 7) is 3.70. The van der Waals surface area contributed by atoms with Crippen LogP contribution in [0.5, 0.6) is 17.2 Å². The zero-order valence-corrected chi connectivity index (χ0v) is 11.3. The van der Waals surface area contributed by atoms with Crippen molar-refractivity contribution in [1.29, 1.82) is 5.26 Å². The van der Waals surface area contributed by atoms with Gasteiger partial charge in [0.25, 0.3) is 0 Å². The van der Waals surface area contributed by atoms with Gasteiger partial charge in [0, 0.05) is 0 Å². The molecule has 4 heteroatoms. The summed E-state index contributed by atoms with van der Waals surface area (Å²) in [5.74, 6) is -0.863. The van der Waals surface area contributed by atoms with E-state index in [4.69, 9.17) is 10.00 Å². The summed E-state index contributed by atoms with van der Waals surface area (Å²) in [5.41, 5.74) is 1.94. The molecular weight excluding hydrogens is 257 g/mol. The van der Waals surface area contributed by atoms with Gasteiger partial charge in [-0.15, -0.1) is 0 Å². The maximum Gasteiger partial charge on any atom is 0.207 e. The fourth-order valence-corrected chi connectivity index (χ4v) is 1.96. The average Bonchev–Trinajstić information content (AvgIpc) is 2.43. The Morgan fingerprint density at radius 2 is 2.05 bits per heavy atom. The van der Waals surface area contributed by atoms with E-state index < -0.39 is 11.6 Å². The minimum absolute atomic E-state index is 0.00184. The molecule has 0 spiro atoms.